The smallest absolute Gasteiger partial charge is 0.416 e. The molecular formula is C23H19F3N2O5. The van der Waals surface area contributed by atoms with Gasteiger partial charge in [0.25, 0.3) is 5.91 Å². The van der Waals surface area contributed by atoms with E-state index in [0.717, 1.165) is 18.2 Å². The Kier molecular flexibility index (Phi) is 6.76. The van der Waals surface area contributed by atoms with E-state index >= 15 is 0 Å². The summed E-state index contributed by atoms with van der Waals surface area (Å²) in [7, 11) is 2.80. The van der Waals surface area contributed by atoms with Gasteiger partial charge in [-0.3, -0.25) is 9.59 Å². The molecule has 0 unspecified atom stereocenters. The van der Waals surface area contributed by atoms with Gasteiger partial charge in [-0.2, -0.15) is 13.2 Å². The fourth-order valence-electron chi connectivity index (χ4n) is 2.90. The van der Waals surface area contributed by atoms with E-state index in [1.807, 2.05) is 0 Å². The predicted octanol–water partition coefficient (Wildman–Crippen LogP) is 4.87. The van der Waals surface area contributed by atoms with Crippen LogP contribution in [0.1, 0.15) is 26.3 Å². The molecule has 0 aliphatic rings. The van der Waals surface area contributed by atoms with Crippen molar-refractivity contribution >= 4 is 17.5 Å². The van der Waals surface area contributed by atoms with Crippen LogP contribution in [0.25, 0.3) is 0 Å². The minimum Gasteiger partial charge on any atom is -0.497 e. The number of anilines is 1. The van der Waals surface area contributed by atoms with Crippen LogP contribution in [0.3, 0.4) is 0 Å². The lowest BCUT2D eigenvalue weighted by Gasteiger charge is -2.16. The molecule has 3 rings (SSSR count). The standard InChI is InChI=1S/C23H19F3N2O5/c1-31-16-7-9-18(20(12-16)32-2)33-19-11-14(23(24,25)26)6-8-17(19)22(30)28-15-5-3-4-13(10-15)21(27)29/h3-12H,1-2H3,(H2,27,29)(H,28,30). The molecule has 0 saturated heterocycles. The van der Waals surface area contributed by atoms with Gasteiger partial charge in [0.1, 0.15) is 11.5 Å². The number of rotatable bonds is 7. The van der Waals surface area contributed by atoms with Crippen LogP contribution in [0.5, 0.6) is 23.0 Å². The highest BCUT2D eigenvalue weighted by atomic mass is 19.4. The number of carbonyl (C=O) groups excluding carboxylic acids is 2. The van der Waals surface area contributed by atoms with E-state index in [4.69, 9.17) is 19.9 Å². The van der Waals surface area contributed by atoms with Crippen molar-refractivity contribution in [3.63, 3.8) is 0 Å². The summed E-state index contributed by atoms with van der Waals surface area (Å²) in [5.74, 6) is -1.11. The Morgan fingerprint density at radius 1 is 0.879 bits per heavy atom. The van der Waals surface area contributed by atoms with E-state index in [0.29, 0.717) is 5.75 Å². The van der Waals surface area contributed by atoms with Gasteiger partial charge in [-0.1, -0.05) is 6.07 Å². The van der Waals surface area contributed by atoms with Crippen LogP contribution in [0.15, 0.2) is 60.7 Å². The number of methoxy groups -OCH3 is 2. The molecule has 0 aromatic heterocycles. The number of hydrogen-bond acceptors (Lipinski definition) is 5. The SMILES string of the molecule is COc1ccc(Oc2cc(C(F)(F)F)ccc2C(=O)Nc2cccc(C(N)=O)c2)c(OC)c1. The number of nitrogens with two attached hydrogens (primary N) is 1. The molecule has 33 heavy (non-hydrogen) atoms. The minimum absolute atomic E-state index is 0.0717. The Morgan fingerprint density at radius 2 is 1.64 bits per heavy atom. The van der Waals surface area contributed by atoms with E-state index < -0.39 is 23.6 Å². The summed E-state index contributed by atoms with van der Waals surface area (Å²) in [4.78, 5) is 24.2. The van der Waals surface area contributed by atoms with Crippen LogP contribution in [-0.2, 0) is 6.18 Å². The number of carbonyl (C=O) groups is 2. The van der Waals surface area contributed by atoms with E-state index in [1.54, 1.807) is 0 Å². The fourth-order valence-corrected chi connectivity index (χ4v) is 2.90. The lowest BCUT2D eigenvalue weighted by Crippen LogP contribution is -2.16. The van der Waals surface area contributed by atoms with E-state index in [-0.39, 0.29) is 34.1 Å². The van der Waals surface area contributed by atoms with Gasteiger partial charge in [-0.05, 0) is 48.5 Å². The fraction of sp³-hybridized carbons (Fsp3) is 0.130. The molecule has 0 aliphatic carbocycles. The molecule has 3 aromatic carbocycles. The summed E-state index contributed by atoms with van der Waals surface area (Å²) < 4.78 is 55.9. The van der Waals surface area contributed by atoms with Crippen LogP contribution < -0.4 is 25.3 Å². The van der Waals surface area contributed by atoms with Crippen molar-refractivity contribution in [3.05, 3.63) is 77.4 Å². The third-order valence-electron chi connectivity index (χ3n) is 4.55. The highest BCUT2D eigenvalue weighted by Crippen LogP contribution is 2.39. The van der Waals surface area contributed by atoms with Crippen molar-refractivity contribution < 1.29 is 37.0 Å². The first-order chi connectivity index (χ1) is 15.6. The van der Waals surface area contributed by atoms with Crippen molar-refractivity contribution in [3.8, 4) is 23.0 Å². The summed E-state index contributed by atoms with van der Waals surface area (Å²) >= 11 is 0. The molecule has 0 bridgehead atoms. The number of hydrogen-bond donors (Lipinski definition) is 2. The number of ether oxygens (including phenoxy) is 3. The van der Waals surface area contributed by atoms with Crippen molar-refractivity contribution in [1.82, 2.24) is 0 Å². The van der Waals surface area contributed by atoms with Gasteiger partial charge in [0.15, 0.2) is 11.5 Å². The molecule has 0 radical (unpaired) electrons. The van der Waals surface area contributed by atoms with Gasteiger partial charge in [0, 0.05) is 17.3 Å². The zero-order valence-electron chi connectivity index (χ0n) is 17.5. The molecule has 172 valence electrons. The Morgan fingerprint density at radius 3 is 2.27 bits per heavy atom. The maximum atomic E-state index is 13.3. The summed E-state index contributed by atoms with van der Waals surface area (Å²) in [5.41, 5.74) is 4.44. The lowest BCUT2D eigenvalue weighted by molar-refractivity contribution is -0.137. The monoisotopic (exact) mass is 460 g/mol. The molecule has 10 heteroatoms. The zero-order valence-corrected chi connectivity index (χ0v) is 17.5. The molecule has 2 amide bonds. The summed E-state index contributed by atoms with van der Waals surface area (Å²) in [6, 6.07) is 12.8. The molecule has 0 atom stereocenters. The molecule has 0 spiro atoms. The highest BCUT2D eigenvalue weighted by molar-refractivity contribution is 6.07. The third-order valence-corrected chi connectivity index (χ3v) is 4.55. The maximum Gasteiger partial charge on any atom is 0.416 e. The first-order valence-electron chi connectivity index (χ1n) is 9.44. The van der Waals surface area contributed by atoms with Crippen LogP contribution >= 0.6 is 0 Å². The second kappa shape index (κ2) is 9.51. The Labute approximate surface area is 186 Å². The molecule has 0 saturated carbocycles. The zero-order chi connectivity index (χ0) is 24.2. The lowest BCUT2D eigenvalue weighted by atomic mass is 10.1. The molecular weight excluding hydrogens is 441 g/mol. The quantitative estimate of drug-likeness (QED) is 0.524. The van der Waals surface area contributed by atoms with Gasteiger partial charge in [0.2, 0.25) is 5.91 Å². The largest absolute Gasteiger partial charge is 0.497 e. The Balaban J connectivity index is 2.01. The highest BCUT2D eigenvalue weighted by Gasteiger charge is 2.32. The van der Waals surface area contributed by atoms with Gasteiger partial charge >= 0.3 is 6.18 Å². The van der Waals surface area contributed by atoms with Crippen LogP contribution in [0.2, 0.25) is 0 Å². The number of alkyl halides is 3. The van der Waals surface area contributed by atoms with Crippen molar-refractivity contribution in [1.29, 1.82) is 0 Å². The molecule has 3 aromatic rings. The second-order valence-electron chi connectivity index (χ2n) is 6.73. The molecule has 3 N–H and O–H groups in total. The van der Waals surface area contributed by atoms with Crippen LogP contribution in [-0.4, -0.2) is 26.0 Å². The molecule has 0 fully saturated rings. The number of nitrogens with one attached hydrogen (secondary N) is 1. The van der Waals surface area contributed by atoms with Gasteiger partial charge in [-0.25, -0.2) is 0 Å². The number of amides is 2. The first-order valence-corrected chi connectivity index (χ1v) is 9.44. The molecule has 7 nitrogen and oxygen atoms in total. The molecule has 0 aliphatic heterocycles. The van der Waals surface area contributed by atoms with E-state index in [2.05, 4.69) is 5.32 Å². The first kappa shape index (κ1) is 23.5. The van der Waals surface area contributed by atoms with Crippen molar-refractivity contribution in [2.45, 2.75) is 6.18 Å². The average molecular weight is 460 g/mol. The van der Waals surface area contributed by atoms with E-state index in [1.165, 1.54) is 56.7 Å². The average Bonchev–Trinajstić information content (AvgIpc) is 2.78. The topological polar surface area (TPSA) is 99.9 Å². The maximum absolute atomic E-state index is 13.3. The van der Waals surface area contributed by atoms with Crippen LogP contribution in [0, 0.1) is 0 Å². The molecule has 0 heterocycles. The van der Waals surface area contributed by atoms with Crippen molar-refractivity contribution in [2.24, 2.45) is 5.73 Å². The van der Waals surface area contributed by atoms with Gasteiger partial charge in [-0.15, -0.1) is 0 Å². The number of primary amides is 1. The minimum atomic E-state index is -4.66. The van der Waals surface area contributed by atoms with Crippen molar-refractivity contribution in [2.75, 3.05) is 19.5 Å². The van der Waals surface area contributed by atoms with Gasteiger partial charge < -0.3 is 25.3 Å². The summed E-state index contributed by atoms with van der Waals surface area (Å²) in [6.45, 7) is 0. The second-order valence-corrected chi connectivity index (χ2v) is 6.73. The van der Waals surface area contributed by atoms with Crippen LogP contribution in [0.4, 0.5) is 18.9 Å². The Bertz CT molecular complexity index is 1190. The Hall–Kier alpha value is -4.21. The number of halogens is 3. The summed E-state index contributed by atoms with van der Waals surface area (Å²) in [5, 5.41) is 2.53. The number of benzene rings is 3. The third kappa shape index (κ3) is 5.53. The van der Waals surface area contributed by atoms with Gasteiger partial charge in [0.05, 0.1) is 25.3 Å². The summed E-state index contributed by atoms with van der Waals surface area (Å²) in [6.07, 6.45) is -4.66. The normalized spacial score (nSPS) is 10.9. The van der Waals surface area contributed by atoms with E-state index in [9.17, 15) is 22.8 Å². The predicted molar refractivity (Wildman–Crippen MR) is 114 cm³/mol.